The number of hydrogen-bond acceptors (Lipinski definition) is 5. The Hall–Kier alpha value is -2.47. The Morgan fingerprint density at radius 2 is 1.96 bits per heavy atom. The lowest BCUT2D eigenvalue weighted by atomic mass is 10.00. The highest BCUT2D eigenvalue weighted by Crippen LogP contribution is 2.21. The molecule has 0 spiro atoms. The summed E-state index contributed by atoms with van der Waals surface area (Å²) < 4.78 is 5.24. The molecule has 1 N–H and O–H groups in total. The highest BCUT2D eigenvalue weighted by molar-refractivity contribution is 7.13. The maximum absolute atomic E-state index is 12.2. The van der Waals surface area contributed by atoms with Crippen LogP contribution in [0.3, 0.4) is 0 Å². The topological polar surface area (TPSA) is 68.0 Å². The van der Waals surface area contributed by atoms with E-state index in [0.717, 1.165) is 16.9 Å². The van der Waals surface area contributed by atoms with Crippen molar-refractivity contribution in [1.82, 2.24) is 15.5 Å². The number of aryl methyl sites for hydroxylation is 1. The monoisotopic (exact) mass is 383 g/mol. The van der Waals surface area contributed by atoms with Gasteiger partial charge in [0.25, 0.3) is 0 Å². The normalized spacial score (nSPS) is 12.3. The van der Waals surface area contributed by atoms with E-state index >= 15 is 0 Å². The molecule has 0 aliphatic heterocycles. The first-order valence-corrected chi connectivity index (χ1v) is 10.1. The van der Waals surface area contributed by atoms with Crippen molar-refractivity contribution in [3.63, 3.8) is 0 Å². The van der Waals surface area contributed by atoms with Crippen molar-refractivity contribution in [3.8, 4) is 10.7 Å². The minimum Gasteiger partial charge on any atom is -0.350 e. The van der Waals surface area contributed by atoms with Gasteiger partial charge in [-0.3, -0.25) is 4.79 Å². The predicted octanol–water partition coefficient (Wildman–Crippen LogP) is 4.81. The van der Waals surface area contributed by atoms with Crippen molar-refractivity contribution in [2.45, 2.75) is 46.1 Å². The van der Waals surface area contributed by atoms with Gasteiger partial charge in [-0.1, -0.05) is 49.3 Å². The van der Waals surface area contributed by atoms with E-state index < -0.39 is 0 Å². The molecular formula is C21H25N3O2S. The number of nitrogens with one attached hydrogen (secondary N) is 1. The number of benzene rings is 1. The molecule has 2 heterocycles. The highest BCUT2D eigenvalue weighted by Gasteiger charge is 2.13. The Bertz CT molecular complexity index is 854. The summed E-state index contributed by atoms with van der Waals surface area (Å²) in [6.45, 7) is 6.42. The molecule has 1 atom stereocenters. The SMILES string of the molecule is CC(C)Cc1ccc(C(C)NC(=O)CCc2nc(-c3cccs3)no2)cc1. The van der Waals surface area contributed by atoms with Gasteiger partial charge in [0.2, 0.25) is 17.6 Å². The molecule has 1 unspecified atom stereocenters. The van der Waals surface area contributed by atoms with Gasteiger partial charge in [0.1, 0.15) is 0 Å². The molecule has 0 bridgehead atoms. The van der Waals surface area contributed by atoms with Gasteiger partial charge in [0, 0.05) is 12.8 Å². The molecule has 0 fully saturated rings. The number of carbonyl (C=O) groups excluding carboxylic acids is 1. The van der Waals surface area contributed by atoms with E-state index in [1.807, 2.05) is 24.4 Å². The molecular weight excluding hydrogens is 358 g/mol. The minimum absolute atomic E-state index is 0.0235. The van der Waals surface area contributed by atoms with Gasteiger partial charge >= 0.3 is 0 Å². The average Bonchev–Trinajstić information content (AvgIpc) is 3.31. The Morgan fingerprint density at radius 1 is 1.19 bits per heavy atom. The Kier molecular flexibility index (Phi) is 6.40. The Morgan fingerprint density at radius 3 is 2.63 bits per heavy atom. The maximum atomic E-state index is 12.2. The number of aromatic nitrogens is 2. The van der Waals surface area contributed by atoms with E-state index in [1.54, 1.807) is 11.3 Å². The molecule has 2 aromatic heterocycles. The first-order chi connectivity index (χ1) is 13.0. The number of rotatable bonds is 8. The van der Waals surface area contributed by atoms with Crippen LogP contribution in [-0.4, -0.2) is 16.0 Å². The van der Waals surface area contributed by atoms with Crippen molar-refractivity contribution in [1.29, 1.82) is 0 Å². The summed E-state index contributed by atoms with van der Waals surface area (Å²) in [7, 11) is 0. The van der Waals surface area contributed by atoms with Crippen LogP contribution in [0.2, 0.25) is 0 Å². The smallest absolute Gasteiger partial charge is 0.227 e. The van der Waals surface area contributed by atoms with Gasteiger partial charge in [0.05, 0.1) is 10.9 Å². The van der Waals surface area contributed by atoms with Crippen molar-refractivity contribution in [3.05, 3.63) is 58.8 Å². The summed E-state index contributed by atoms with van der Waals surface area (Å²) in [6.07, 6.45) is 1.82. The van der Waals surface area contributed by atoms with E-state index in [4.69, 9.17) is 4.52 Å². The lowest BCUT2D eigenvalue weighted by Gasteiger charge is -2.15. The highest BCUT2D eigenvalue weighted by atomic mass is 32.1. The van der Waals surface area contributed by atoms with Crippen LogP contribution in [-0.2, 0) is 17.6 Å². The predicted molar refractivity (Wildman–Crippen MR) is 107 cm³/mol. The molecule has 6 heteroatoms. The molecule has 27 heavy (non-hydrogen) atoms. The molecule has 3 rings (SSSR count). The molecule has 0 radical (unpaired) electrons. The first kappa shape index (κ1) is 19.3. The van der Waals surface area contributed by atoms with Crippen LogP contribution in [0.15, 0.2) is 46.3 Å². The number of amides is 1. The largest absolute Gasteiger partial charge is 0.350 e. The quantitative estimate of drug-likeness (QED) is 0.606. The van der Waals surface area contributed by atoms with Crippen molar-refractivity contribution >= 4 is 17.2 Å². The second-order valence-corrected chi connectivity index (χ2v) is 8.07. The summed E-state index contributed by atoms with van der Waals surface area (Å²) in [5, 5.41) is 8.97. The lowest BCUT2D eigenvalue weighted by Crippen LogP contribution is -2.26. The van der Waals surface area contributed by atoms with Gasteiger partial charge in [-0.25, -0.2) is 0 Å². The molecule has 0 aliphatic carbocycles. The van der Waals surface area contributed by atoms with Crippen LogP contribution in [0.5, 0.6) is 0 Å². The van der Waals surface area contributed by atoms with E-state index in [9.17, 15) is 4.79 Å². The van der Waals surface area contributed by atoms with Gasteiger partial charge in [0.15, 0.2) is 0 Å². The van der Waals surface area contributed by atoms with Crippen molar-refractivity contribution in [2.75, 3.05) is 0 Å². The van der Waals surface area contributed by atoms with Gasteiger partial charge < -0.3 is 9.84 Å². The Balaban J connectivity index is 1.48. The fourth-order valence-electron chi connectivity index (χ4n) is 2.89. The van der Waals surface area contributed by atoms with Crippen LogP contribution in [0, 0.1) is 5.92 Å². The summed E-state index contributed by atoms with van der Waals surface area (Å²) in [4.78, 5) is 17.6. The molecule has 142 valence electrons. The molecule has 0 saturated heterocycles. The second-order valence-electron chi connectivity index (χ2n) is 7.12. The second kappa shape index (κ2) is 8.95. The van der Waals surface area contributed by atoms with Gasteiger partial charge in [-0.15, -0.1) is 11.3 Å². The average molecular weight is 384 g/mol. The van der Waals surface area contributed by atoms with E-state index in [2.05, 4.69) is 53.6 Å². The third kappa shape index (κ3) is 5.50. The number of thiophene rings is 1. The van der Waals surface area contributed by atoms with Crippen molar-refractivity contribution < 1.29 is 9.32 Å². The zero-order valence-electron chi connectivity index (χ0n) is 15.9. The van der Waals surface area contributed by atoms with Gasteiger partial charge in [-0.2, -0.15) is 4.98 Å². The van der Waals surface area contributed by atoms with E-state index in [0.29, 0.717) is 30.5 Å². The minimum atomic E-state index is -0.0324. The molecule has 0 aliphatic rings. The number of hydrogen-bond donors (Lipinski definition) is 1. The molecule has 0 saturated carbocycles. The molecule has 1 aromatic carbocycles. The summed E-state index contributed by atoms with van der Waals surface area (Å²) in [6, 6.07) is 12.3. The van der Waals surface area contributed by atoms with E-state index in [1.165, 1.54) is 5.56 Å². The standard InChI is InChI=1S/C21H25N3O2S/c1-14(2)13-16-6-8-17(9-7-16)15(3)22-19(25)10-11-20-23-21(24-26-20)18-5-4-12-27-18/h4-9,12,14-15H,10-11,13H2,1-3H3,(H,22,25). The fourth-order valence-corrected chi connectivity index (χ4v) is 3.54. The van der Waals surface area contributed by atoms with Crippen molar-refractivity contribution in [2.24, 2.45) is 5.92 Å². The summed E-state index contributed by atoms with van der Waals surface area (Å²) in [5.74, 6) is 1.68. The van der Waals surface area contributed by atoms with Crippen LogP contribution in [0.4, 0.5) is 0 Å². The van der Waals surface area contributed by atoms with Crippen LogP contribution in [0.1, 0.15) is 50.3 Å². The zero-order chi connectivity index (χ0) is 19.2. The summed E-state index contributed by atoms with van der Waals surface area (Å²) >= 11 is 1.56. The molecule has 1 amide bonds. The Labute approximate surface area is 163 Å². The van der Waals surface area contributed by atoms with E-state index in [-0.39, 0.29) is 11.9 Å². The molecule has 5 nitrogen and oxygen atoms in total. The van der Waals surface area contributed by atoms with Crippen LogP contribution >= 0.6 is 11.3 Å². The maximum Gasteiger partial charge on any atom is 0.227 e. The van der Waals surface area contributed by atoms with Crippen LogP contribution in [0.25, 0.3) is 10.7 Å². The third-order valence-corrected chi connectivity index (χ3v) is 5.14. The lowest BCUT2D eigenvalue weighted by molar-refractivity contribution is -0.121. The zero-order valence-corrected chi connectivity index (χ0v) is 16.8. The fraction of sp³-hybridized carbons (Fsp3) is 0.381. The number of nitrogens with zero attached hydrogens (tertiary/aromatic N) is 2. The van der Waals surface area contributed by atoms with Gasteiger partial charge in [-0.05, 0) is 41.8 Å². The molecule has 3 aromatic rings. The first-order valence-electron chi connectivity index (χ1n) is 9.26. The number of carbonyl (C=O) groups is 1. The summed E-state index contributed by atoms with van der Waals surface area (Å²) in [5.41, 5.74) is 2.43. The van der Waals surface area contributed by atoms with Crippen LogP contribution < -0.4 is 5.32 Å². The third-order valence-electron chi connectivity index (χ3n) is 4.28.